The maximum atomic E-state index is 3.78. The molecule has 1 atom stereocenters. The third-order valence-electron chi connectivity index (χ3n) is 4.38. The predicted octanol–water partition coefficient (Wildman–Crippen LogP) is 4.51. The third kappa shape index (κ3) is 2.76. The summed E-state index contributed by atoms with van der Waals surface area (Å²) in [6, 6.07) is 13.6. The maximum absolute atomic E-state index is 3.78. The van der Waals surface area contributed by atoms with E-state index in [1.54, 1.807) is 0 Å². The smallest absolute Gasteiger partial charge is 0.0456 e. The van der Waals surface area contributed by atoms with Gasteiger partial charge < -0.3 is 10.3 Å². The summed E-state index contributed by atoms with van der Waals surface area (Å²) in [5, 5.41) is 7.33. The molecule has 1 fully saturated rings. The Balaban J connectivity index is 1.42. The van der Waals surface area contributed by atoms with E-state index >= 15 is 0 Å². The van der Waals surface area contributed by atoms with Crippen LogP contribution in [0, 0.1) is 5.92 Å². The topological polar surface area (TPSA) is 27.8 Å². The Morgan fingerprint density at radius 2 is 2.10 bits per heavy atom. The van der Waals surface area contributed by atoms with Gasteiger partial charge >= 0.3 is 0 Å². The van der Waals surface area contributed by atoms with Crippen molar-refractivity contribution in [3.8, 4) is 0 Å². The second-order valence-corrected chi connectivity index (χ2v) is 6.87. The van der Waals surface area contributed by atoms with Crippen LogP contribution in [-0.4, -0.2) is 11.5 Å². The predicted molar refractivity (Wildman–Crippen MR) is 89.8 cm³/mol. The van der Waals surface area contributed by atoms with Gasteiger partial charge in [-0.05, 0) is 54.8 Å². The number of aromatic amines is 1. The van der Waals surface area contributed by atoms with Crippen LogP contribution in [0.3, 0.4) is 0 Å². The molecule has 21 heavy (non-hydrogen) atoms. The molecule has 2 heterocycles. The summed E-state index contributed by atoms with van der Waals surface area (Å²) < 4.78 is 0. The molecule has 0 spiro atoms. The van der Waals surface area contributed by atoms with Crippen molar-refractivity contribution >= 4 is 22.2 Å². The highest BCUT2D eigenvalue weighted by molar-refractivity contribution is 7.10. The van der Waals surface area contributed by atoms with Gasteiger partial charge in [-0.15, -0.1) is 11.3 Å². The average molecular weight is 296 g/mol. The fourth-order valence-electron chi connectivity index (χ4n) is 3.10. The number of hydrogen-bond acceptors (Lipinski definition) is 2. The highest BCUT2D eigenvalue weighted by atomic mass is 32.1. The number of rotatable bonds is 6. The minimum Gasteiger partial charge on any atom is -0.361 e. The van der Waals surface area contributed by atoms with Crippen molar-refractivity contribution in [2.45, 2.75) is 25.3 Å². The lowest BCUT2D eigenvalue weighted by Gasteiger charge is -2.16. The van der Waals surface area contributed by atoms with Crippen LogP contribution in [-0.2, 0) is 6.42 Å². The van der Waals surface area contributed by atoms with Crippen molar-refractivity contribution in [3.63, 3.8) is 0 Å². The Bertz CT molecular complexity index is 710. The molecule has 2 N–H and O–H groups in total. The second-order valence-electron chi connectivity index (χ2n) is 5.89. The molecule has 1 aromatic carbocycles. The van der Waals surface area contributed by atoms with E-state index in [4.69, 9.17) is 0 Å². The van der Waals surface area contributed by atoms with Crippen molar-refractivity contribution in [2.75, 3.05) is 6.54 Å². The van der Waals surface area contributed by atoms with Gasteiger partial charge in [-0.2, -0.15) is 0 Å². The van der Waals surface area contributed by atoms with Crippen molar-refractivity contribution in [3.05, 3.63) is 58.4 Å². The zero-order chi connectivity index (χ0) is 14.1. The molecule has 4 rings (SSSR count). The lowest BCUT2D eigenvalue weighted by atomic mass is 10.1. The maximum Gasteiger partial charge on any atom is 0.0456 e. The van der Waals surface area contributed by atoms with Gasteiger partial charge in [-0.1, -0.05) is 24.3 Å². The fourth-order valence-corrected chi connectivity index (χ4v) is 3.99. The molecule has 0 amide bonds. The van der Waals surface area contributed by atoms with Crippen LogP contribution in [0.5, 0.6) is 0 Å². The van der Waals surface area contributed by atoms with Crippen LogP contribution in [0.1, 0.15) is 29.3 Å². The zero-order valence-corrected chi connectivity index (χ0v) is 12.8. The number of para-hydroxylation sites is 1. The first-order valence-corrected chi connectivity index (χ1v) is 8.61. The van der Waals surface area contributed by atoms with Gasteiger partial charge in [0.05, 0.1) is 0 Å². The first-order chi connectivity index (χ1) is 10.4. The van der Waals surface area contributed by atoms with Gasteiger partial charge in [0.15, 0.2) is 0 Å². The van der Waals surface area contributed by atoms with Crippen molar-refractivity contribution in [1.29, 1.82) is 0 Å². The van der Waals surface area contributed by atoms with Crippen molar-refractivity contribution < 1.29 is 0 Å². The highest BCUT2D eigenvalue weighted by Gasteiger charge is 2.32. The van der Waals surface area contributed by atoms with E-state index in [9.17, 15) is 0 Å². The van der Waals surface area contributed by atoms with Crippen LogP contribution in [0.15, 0.2) is 48.0 Å². The normalized spacial score (nSPS) is 16.4. The van der Waals surface area contributed by atoms with E-state index in [2.05, 4.69) is 58.3 Å². The molecule has 3 heteroatoms. The van der Waals surface area contributed by atoms with E-state index in [0.717, 1.165) is 18.9 Å². The molecule has 0 bridgehead atoms. The molecule has 0 saturated heterocycles. The van der Waals surface area contributed by atoms with Crippen molar-refractivity contribution in [1.82, 2.24) is 10.3 Å². The molecular formula is C18H20N2S. The summed E-state index contributed by atoms with van der Waals surface area (Å²) >= 11 is 1.88. The number of nitrogens with one attached hydrogen (secondary N) is 2. The number of benzene rings is 1. The quantitative estimate of drug-likeness (QED) is 0.688. The molecular weight excluding hydrogens is 276 g/mol. The Kier molecular flexibility index (Phi) is 3.53. The van der Waals surface area contributed by atoms with E-state index in [0.29, 0.717) is 6.04 Å². The van der Waals surface area contributed by atoms with E-state index in [-0.39, 0.29) is 0 Å². The lowest BCUT2D eigenvalue weighted by Crippen LogP contribution is -2.24. The second kappa shape index (κ2) is 5.66. The summed E-state index contributed by atoms with van der Waals surface area (Å²) in [6.07, 6.45) is 5.99. The van der Waals surface area contributed by atoms with Crippen LogP contribution < -0.4 is 5.32 Å². The lowest BCUT2D eigenvalue weighted by molar-refractivity contribution is 0.492. The summed E-state index contributed by atoms with van der Waals surface area (Å²) in [7, 11) is 0. The Labute approximate surface area is 129 Å². The summed E-state index contributed by atoms with van der Waals surface area (Å²) in [6.45, 7) is 1.04. The van der Waals surface area contributed by atoms with Crippen molar-refractivity contribution in [2.24, 2.45) is 5.92 Å². The first-order valence-electron chi connectivity index (χ1n) is 7.73. The molecule has 0 radical (unpaired) electrons. The summed E-state index contributed by atoms with van der Waals surface area (Å²) in [4.78, 5) is 4.86. The number of thiophene rings is 1. The fraction of sp³-hybridized carbons (Fsp3) is 0.333. The third-order valence-corrected chi connectivity index (χ3v) is 5.33. The minimum absolute atomic E-state index is 0.565. The monoisotopic (exact) mass is 296 g/mol. The average Bonchev–Trinajstić information content (AvgIpc) is 3.05. The SMILES string of the molecule is c1csc(C(NCCc2c[nH]c3ccccc23)C2CC2)c1. The molecule has 1 unspecified atom stereocenters. The Morgan fingerprint density at radius 3 is 2.90 bits per heavy atom. The Morgan fingerprint density at radius 1 is 1.19 bits per heavy atom. The van der Waals surface area contributed by atoms with Crippen LogP contribution in [0.25, 0.3) is 10.9 Å². The van der Waals surface area contributed by atoms with Gasteiger partial charge in [0.25, 0.3) is 0 Å². The highest BCUT2D eigenvalue weighted by Crippen LogP contribution is 2.42. The van der Waals surface area contributed by atoms with Gasteiger partial charge in [-0.25, -0.2) is 0 Å². The molecule has 2 aromatic heterocycles. The molecule has 1 aliphatic rings. The van der Waals surface area contributed by atoms with Gasteiger partial charge in [0.1, 0.15) is 0 Å². The zero-order valence-electron chi connectivity index (χ0n) is 12.0. The number of H-pyrrole nitrogens is 1. The molecule has 2 nitrogen and oxygen atoms in total. The summed E-state index contributed by atoms with van der Waals surface area (Å²) in [5.41, 5.74) is 2.66. The standard InChI is InChI=1S/C18H20N2S/c1-2-5-16-15(4-1)14(12-20-16)9-10-19-18(13-7-8-13)17-6-3-11-21-17/h1-6,11-13,18-20H,7-10H2. The van der Waals surface area contributed by atoms with E-state index in [1.165, 1.54) is 34.2 Å². The minimum atomic E-state index is 0.565. The van der Waals surface area contributed by atoms with Gasteiger partial charge in [0, 0.05) is 28.0 Å². The number of aromatic nitrogens is 1. The first kappa shape index (κ1) is 13.1. The molecule has 3 aromatic rings. The van der Waals surface area contributed by atoms with E-state index < -0.39 is 0 Å². The van der Waals surface area contributed by atoms with Crippen LogP contribution >= 0.6 is 11.3 Å². The molecule has 1 aliphatic carbocycles. The molecule has 0 aliphatic heterocycles. The largest absolute Gasteiger partial charge is 0.361 e. The van der Waals surface area contributed by atoms with Gasteiger partial charge in [-0.3, -0.25) is 0 Å². The van der Waals surface area contributed by atoms with Crippen LogP contribution in [0.4, 0.5) is 0 Å². The Hall–Kier alpha value is -1.58. The number of fused-ring (bicyclic) bond motifs is 1. The van der Waals surface area contributed by atoms with Crippen LogP contribution in [0.2, 0.25) is 0 Å². The summed E-state index contributed by atoms with van der Waals surface area (Å²) in [5.74, 6) is 0.853. The molecule has 108 valence electrons. The number of hydrogen-bond donors (Lipinski definition) is 2. The van der Waals surface area contributed by atoms with Gasteiger partial charge in [0.2, 0.25) is 0 Å². The van der Waals surface area contributed by atoms with E-state index in [1.807, 2.05) is 11.3 Å². The molecule has 1 saturated carbocycles.